The highest BCUT2D eigenvalue weighted by atomic mass is 35.5. The quantitative estimate of drug-likeness (QED) is 0.858. The summed E-state index contributed by atoms with van der Waals surface area (Å²) in [4.78, 5) is 11.3. The number of nitrogens with one attached hydrogen (secondary N) is 1. The predicted octanol–water partition coefficient (Wildman–Crippen LogP) is 2.50. The van der Waals surface area contributed by atoms with Gasteiger partial charge in [-0.1, -0.05) is 17.7 Å². The summed E-state index contributed by atoms with van der Waals surface area (Å²) in [6.07, 6.45) is -0.622. The minimum Gasteiger partial charge on any atom is -0.447 e. The molecule has 0 bridgehead atoms. The number of benzene rings is 1. The average molecular weight is 244 g/mol. The standard InChI is InChI=1S/C11H14ClNO3/c1-7-5-8(2)10(9(12)6-7)13-11(15)16-4-3-14/h5-6,14H,3-4H2,1-2H3,(H,13,15). The maximum absolute atomic E-state index is 11.3. The maximum atomic E-state index is 11.3. The molecular weight excluding hydrogens is 230 g/mol. The van der Waals surface area contributed by atoms with Crippen molar-refractivity contribution in [2.75, 3.05) is 18.5 Å². The fourth-order valence-corrected chi connectivity index (χ4v) is 1.72. The van der Waals surface area contributed by atoms with Crippen LogP contribution in [0.15, 0.2) is 12.1 Å². The van der Waals surface area contributed by atoms with E-state index in [-0.39, 0.29) is 13.2 Å². The topological polar surface area (TPSA) is 58.6 Å². The molecule has 1 aromatic rings. The Kier molecular flexibility index (Phi) is 4.58. The molecule has 0 radical (unpaired) electrons. The number of anilines is 1. The predicted molar refractivity (Wildman–Crippen MR) is 63.0 cm³/mol. The molecule has 0 aliphatic rings. The molecule has 0 saturated carbocycles. The molecule has 5 heteroatoms. The number of carbonyl (C=O) groups is 1. The van der Waals surface area contributed by atoms with Crippen LogP contribution in [-0.2, 0) is 4.74 Å². The van der Waals surface area contributed by atoms with E-state index in [0.29, 0.717) is 10.7 Å². The molecule has 2 N–H and O–H groups in total. The van der Waals surface area contributed by atoms with Gasteiger partial charge in [0, 0.05) is 0 Å². The van der Waals surface area contributed by atoms with Crippen molar-refractivity contribution in [3.05, 3.63) is 28.3 Å². The summed E-state index contributed by atoms with van der Waals surface area (Å²) in [5, 5.41) is 11.5. The number of ether oxygens (including phenoxy) is 1. The third kappa shape index (κ3) is 3.40. The van der Waals surface area contributed by atoms with Crippen LogP contribution in [0.2, 0.25) is 5.02 Å². The van der Waals surface area contributed by atoms with Crippen LogP contribution in [0.5, 0.6) is 0 Å². The number of amides is 1. The van der Waals surface area contributed by atoms with Crippen molar-refractivity contribution in [3.8, 4) is 0 Å². The molecule has 1 amide bonds. The van der Waals surface area contributed by atoms with E-state index in [9.17, 15) is 4.79 Å². The van der Waals surface area contributed by atoms with Gasteiger partial charge in [-0.3, -0.25) is 5.32 Å². The normalized spacial score (nSPS) is 10.0. The summed E-state index contributed by atoms with van der Waals surface area (Å²) < 4.78 is 4.68. The Morgan fingerprint density at radius 1 is 1.50 bits per heavy atom. The van der Waals surface area contributed by atoms with Crippen LogP contribution < -0.4 is 5.32 Å². The molecule has 4 nitrogen and oxygen atoms in total. The summed E-state index contributed by atoms with van der Waals surface area (Å²) in [6, 6.07) is 3.67. The first-order valence-corrected chi connectivity index (χ1v) is 5.23. The molecule has 16 heavy (non-hydrogen) atoms. The first kappa shape index (κ1) is 12.8. The molecule has 0 aromatic heterocycles. The van der Waals surface area contributed by atoms with Gasteiger partial charge in [0.05, 0.1) is 17.3 Å². The van der Waals surface area contributed by atoms with E-state index in [0.717, 1.165) is 11.1 Å². The molecule has 0 heterocycles. The summed E-state index contributed by atoms with van der Waals surface area (Å²) in [5.41, 5.74) is 2.43. The number of halogens is 1. The Balaban J connectivity index is 2.77. The van der Waals surface area contributed by atoms with Crippen LogP contribution in [0.25, 0.3) is 0 Å². The maximum Gasteiger partial charge on any atom is 0.411 e. The zero-order chi connectivity index (χ0) is 12.1. The second-order valence-corrected chi connectivity index (χ2v) is 3.83. The van der Waals surface area contributed by atoms with Gasteiger partial charge in [-0.05, 0) is 31.0 Å². The van der Waals surface area contributed by atoms with E-state index >= 15 is 0 Å². The van der Waals surface area contributed by atoms with Crippen LogP contribution in [0, 0.1) is 13.8 Å². The second kappa shape index (κ2) is 5.72. The van der Waals surface area contributed by atoms with Crippen LogP contribution in [0.1, 0.15) is 11.1 Å². The first-order chi connectivity index (χ1) is 7.54. The van der Waals surface area contributed by atoms with Gasteiger partial charge < -0.3 is 9.84 Å². The lowest BCUT2D eigenvalue weighted by Gasteiger charge is -2.11. The third-order valence-corrected chi connectivity index (χ3v) is 2.28. The number of aliphatic hydroxyl groups is 1. The van der Waals surface area contributed by atoms with Crippen LogP contribution in [-0.4, -0.2) is 24.4 Å². The van der Waals surface area contributed by atoms with Crippen molar-refractivity contribution < 1.29 is 14.6 Å². The van der Waals surface area contributed by atoms with Crippen molar-refractivity contribution in [2.24, 2.45) is 0 Å². The Bertz CT molecular complexity index is 370. The number of aliphatic hydroxyl groups excluding tert-OH is 1. The van der Waals surface area contributed by atoms with Crippen molar-refractivity contribution in [3.63, 3.8) is 0 Å². The molecule has 1 aromatic carbocycles. The number of rotatable bonds is 3. The Labute approximate surface area is 99.2 Å². The largest absolute Gasteiger partial charge is 0.447 e. The van der Waals surface area contributed by atoms with Crippen molar-refractivity contribution >= 4 is 23.4 Å². The van der Waals surface area contributed by atoms with E-state index in [2.05, 4.69) is 10.1 Å². The molecule has 88 valence electrons. The van der Waals surface area contributed by atoms with Gasteiger partial charge in [-0.2, -0.15) is 0 Å². The van der Waals surface area contributed by atoms with Crippen LogP contribution in [0.4, 0.5) is 10.5 Å². The smallest absolute Gasteiger partial charge is 0.411 e. The number of aryl methyl sites for hydroxylation is 2. The van der Waals surface area contributed by atoms with Crippen molar-refractivity contribution in [2.45, 2.75) is 13.8 Å². The number of hydrogen-bond acceptors (Lipinski definition) is 3. The average Bonchev–Trinajstić information content (AvgIpc) is 2.20. The molecule has 0 aliphatic heterocycles. The van der Waals surface area contributed by atoms with Gasteiger partial charge in [0.15, 0.2) is 0 Å². The zero-order valence-corrected chi connectivity index (χ0v) is 9.97. The van der Waals surface area contributed by atoms with Gasteiger partial charge in [-0.25, -0.2) is 4.79 Å². The van der Waals surface area contributed by atoms with E-state index in [4.69, 9.17) is 16.7 Å². The molecule has 1 rings (SSSR count). The fourth-order valence-electron chi connectivity index (χ4n) is 1.35. The first-order valence-electron chi connectivity index (χ1n) is 4.86. The summed E-state index contributed by atoms with van der Waals surface area (Å²) >= 11 is 5.99. The molecule has 0 aliphatic carbocycles. The van der Waals surface area contributed by atoms with E-state index in [1.165, 1.54) is 0 Å². The lowest BCUT2D eigenvalue weighted by atomic mass is 10.1. The Morgan fingerprint density at radius 3 is 2.75 bits per heavy atom. The number of hydrogen-bond donors (Lipinski definition) is 2. The van der Waals surface area contributed by atoms with Gasteiger partial charge >= 0.3 is 6.09 Å². The van der Waals surface area contributed by atoms with Gasteiger partial charge in [-0.15, -0.1) is 0 Å². The van der Waals surface area contributed by atoms with Crippen LogP contribution >= 0.6 is 11.6 Å². The van der Waals surface area contributed by atoms with E-state index < -0.39 is 6.09 Å². The zero-order valence-electron chi connectivity index (χ0n) is 9.21. The Hall–Kier alpha value is -1.26. The highest BCUT2D eigenvalue weighted by Crippen LogP contribution is 2.27. The lowest BCUT2D eigenvalue weighted by molar-refractivity contribution is 0.131. The van der Waals surface area contributed by atoms with Gasteiger partial charge in [0.1, 0.15) is 6.61 Å². The minimum absolute atomic E-state index is 0.0334. The minimum atomic E-state index is -0.622. The summed E-state index contributed by atoms with van der Waals surface area (Å²) in [7, 11) is 0. The molecule has 0 atom stereocenters. The second-order valence-electron chi connectivity index (χ2n) is 3.42. The van der Waals surface area contributed by atoms with E-state index in [1.54, 1.807) is 6.07 Å². The monoisotopic (exact) mass is 243 g/mol. The summed E-state index contributed by atoms with van der Waals surface area (Å²) in [5.74, 6) is 0. The molecule has 0 unspecified atom stereocenters. The molecule has 0 spiro atoms. The summed E-state index contributed by atoms with van der Waals surface area (Å²) in [6.45, 7) is 3.54. The Morgan fingerprint density at radius 2 is 2.19 bits per heavy atom. The van der Waals surface area contributed by atoms with Gasteiger partial charge in [0.2, 0.25) is 0 Å². The molecule has 0 saturated heterocycles. The molecular formula is C11H14ClNO3. The van der Waals surface area contributed by atoms with Crippen molar-refractivity contribution in [1.29, 1.82) is 0 Å². The third-order valence-electron chi connectivity index (χ3n) is 1.98. The fraction of sp³-hybridized carbons (Fsp3) is 0.364. The van der Waals surface area contributed by atoms with Crippen LogP contribution in [0.3, 0.4) is 0 Å². The van der Waals surface area contributed by atoms with E-state index in [1.807, 2.05) is 19.9 Å². The van der Waals surface area contributed by atoms with Crippen molar-refractivity contribution in [1.82, 2.24) is 0 Å². The number of carbonyl (C=O) groups excluding carboxylic acids is 1. The highest BCUT2D eigenvalue weighted by molar-refractivity contribution is 6.33. The lowest BCUT2D eigenvalue weighted by Crippen LogP contribution is -2.16. The SMILES string of the molecule is Cc1cc(C)c(NC(=O)OCCO)c(Cl)c1. The van der Waals surface area contributed by atoms with Gasteiger partial charge in [0.25, 0.3) is 0 Å². The molecule has 0 fully saturated rings. The highest BCUT2D eigenvalue weighted by Gasteiger charge is 2.09.